The summed E-state index contributed by atoms with van der Waals surface area (Å²) in [5.41, 5.74) is 1.08. The minimum Gasteiger partial charge on any atom is -0.345 e. The SMILES string of the molecule is C[C@H](NC(=O)c1cccc([N+](=O)[O-])c1Br)c1ccccc1. The number of amides is 1. The van der Waals surface area contributed by atoms with Crippen molar-refractivity contribution in [3.05, 3.63) is 74.2 Å². The van der Waals surface area contributed by atoms with Crippen molar-refractivity contribution in [1.29, 1.82) is 0 Å². The molecule has 0 saturated heterocycles. The van der Waals surface area contributed by atoms with Gasteiger partial charge in [0.2, 0.25) is 0 Å². The fourth-order valence-corrected chi connectivity index (χ4v) is 2.52. The van der Waals surface area contributed by atoms with Gasteiger partial charge < -0.3 is 5.32 Å². The molecule has 1 N–H and O–H groups in total. The van der Waals surface area contributed by atoms with E-state index < -0.39 is 4.92 Å². The average molecular weight is 349 g/mol. The van der Waals surface area contributed by atoms with Gasteiger partial charge in [-0.15, -0.1) is 0 Å². The highest BCUT2D eigenvalue weighted by molar-refractivity contribution is 9.10. The molecule has 0 aliphatic rings. The van der Waals surface area contributed by atoms with Crippen LogP contribution >= 0.6 is 15.9 Å². The molecule has 0 radical (unpaired) electrons. The van der Waals surface area contributed by atoms with Crippen molar-refractivity contribution in [2.75, 3.05) is 0 Å². The second kappa shape index (κ2) is 6.49. The molecule has 0 spiro atoms. The van der Waals surface area contributed by atoms with Crippen LogP contribution in [0.1, 0.15) is 28.9 Å². The average Bonchev–Trinajstić information content (AvgIpc) is 2.47. The lowest BCUT2D eigenvalue weighted by Crippen LogP contribution is -2.27. The molecule has 0 aliphatic heterocycles. The number of nitrogens with one attached hydrogen (secondary N) is 1. The number of benzene rings is 2. The zero-order chi connectivity index (χ0) is 15.4. The van der Waals surface area contributed by atoms with Gasteiger partial charge in [0, 0.05) is 6.07 Å². The van der Waals surface area contributed by atoms with Gasteiger partial charge in [0.25, 0.3) is 11.6 Å². The second-order valence-corrected chi connectivity index (χ2v) is 5.29. The molecular formula is C15H13BrN2O3. The van der Waals surface area contributed by atoms with E-state index in [2.05, 4.69) is 21.2 Å². The zero-order valence-electron chi connectivity index (χ0n) is 11.2. The summed E-state index contributed by atoms with van der Waals surface area (Å²) < 4.78 is 0.188. The monoisotopic (exact) mass is 348 g/mol. The molecular weight excluding hydrogens is 336 g/mol. The summed E-state index contributed by atoms with van der Waals surface area (Å²) in [4.78, 5) is 22.6. The number of hydrogen-bond acceptors (Lipinski definition) is 3. The summed E-state index contributed by atoms with van der Waals surface area (Å²) in [6.45, 7) is 1.86. The van der Waals surface area contributed by atoms with E-state index in [1.807, 2.05) is 37.3 Å². The minimum atomic E-state index is -0.526. The molecule has 108 valence electrons. The van der Waals surface area contributed by atoms with Crippen molar-refractivity contribution in [2.45, 2.75) is 13.0 Å². The molecule has 6 heteroatoms. The predicted molar refractivity (Wildman–Crippen MR) is 83.1 cm³/mol. The topological polar surface area (TPSA) is 72.2 Å². The van der Waals surface area contributed by atoms with E-state index >= 15 is 0 Å². The molecule has 0 aromatic heterocycles. The van der Waals surface area contributed by atoms with E-state index in [1.165, 1.54) is 12.1 Å². The number of nitro benzene ring substituents is 1. The minimum absolute atomic E-state index is 0.130. The third kappa shape index (κ3) is 3.46. The molecule has 0 saturated carbocycles. The van der Waals surface area contributed by atoms with Gasteiger partial charge in [-0.1, -0.05) is 36.4 Å². The lowest BCUT2D eigenvalue weighted by Gasteiger charge is -2.14. The van der Waals surface area contributed by atoms with Crippen LogP contribution < -0.4 is 5.32 Å². The number of nitrogens with zero attached hydrogens (tertiary/aromatic N) is 1. The Labute approximate surface area is 130 Å². The van der Waals surface area contributed by atoms with Crippen molar-refractivity contribution in [3.8, 4) is 0 Å². The number of carbonyl (C=O) groups excluding carboxylic acids is 1. The normalized spacial score (nSPS) is 11.7. The van der Waals surface area contributed by atoms with Crippen molar-refractivity contribution >= 4 is 27.5 Å². The van der Waals surface area contributed by atoms with Gasteiger partial charge in [0.15, 0.2) is 0 Å². The third-order valence-corrected chi connectivity index (χ3v) is 3.90. The van der Waals surface area contributed by atoms with Gasteiger partial charge >= 0.3 is 0 Å². The van der Waals surface area contributed by atoms with Gasteiger partial charge in [-0.05, 0) is 34.5 Å². The summed E-state index contributed by atoms with van der Waals surface area (Å²) in [6, 6.07) is 13.7. The van der Waals surface area contributed by atoms with E-state index in [4.69, 9.17) is 0 Å². The van der Waals surface area contributed by atoms with E-state index in [-0.39, 0.29) is 27.7 Å². The number of carbonyl (C=O) groups is 1. The molecule has 1 amide bonds. The van der Waals surface area contributed by atoms with Gasteiger partial charge in [-0.25, -0.2) is 0 Å². The lowest BCUT2D eigenvalue weighted by atomic mass is 10.1. The Morgan fingerprint density at radius 3 is 2.48 bits per heavy atom. The smallest absolute Gasteiger partial charge is 0.284 e. The maximum Gasteiger partial charge on any atom is 0.284 e. The summed E-state index contributed by atoms with van der Waals surface area (Å²) in [7, 11) is 0. The molecule has 21 heavy (non-hydrogen) atoms. The molecule has 0 fully saturated rings. The van der Waals surface area contributed by atoms with Crippen molar-refractivity contribution in [2.24, 2.45) is 0 Å². The van der Waals surface area contributed by atoms with E-state index in [0.717, 1.165) is 5.56 Å². The largest absolute Gasteiger partial charge is 0.345 e. The number of halogens is 1. The quantitative estimate of drug-likeness (QED) is 0.673. The summed E-state index contributed by atoms with van der Waals surface area (Å²) in [5.74, 6) is -0.359. The van der Waals surface area contributed by atoms with Crippen LogP contribution in [0.25, 0.3) is 0 Å². The van der Waals surface area contributed by atoms with Crippen LogP contribution in [-0.4, -0.2) is 10.8 Å². The van der Waals surface area contributed by atoms with E-state index in [0.29, 0.717) is 0 Å². The van der Waals surface area contributed by atoms with Crippen molar-refractivity contribution < 1.29 is 9.72 Å². The van der Waals surface area contributed by atoms with Crippen LogP contribution in [0, 0.1) is 10.1 Å². The lowest BCUT2D eigenvalue weighted by molar-refractivity contribution is -0.385. The highest BCUT2D eigenvalue weighted by Gasteiger charge is 2.20. The Balaban J connectivity index is 2.22. The molecule has 0 aliphatic carbocycles. The first kappa shape index (κ1) is 15.2. The van der Waals surface area contributed by atoms with Gasteiger partial charge in [0.05, 0.1) is 16.5 Å². The van der Waals surface area contributed by atoms with Crippen LogP contribution in [0.2, 0.25) is 0 Å². The summed E-state index contributed by atoms with van der Waals surface area (Å²) >= 11 is 3.13. The van der Waals surface area contributed by atoms with Gasteiger partial charge in [0.1, 0.15) is 4.47 Å². The first-order valence-electron chi connectivity index (χ1n) is 6.29. The van der Waals surface area contributed by atoms with Crippen LogP contribution in [0.5, 0.6) is 0 Å². The standard InChI is InChI=1S/C15H13BrN2O3/c1-10(11-6-3-2-4-7-11)17-15(19)12-8-5-9-13(14(12)16)18(20)21/h2-10H,1H3,(H,17,19)/t10-/m0/s1. The fourth-order valence-electron chi connectivity index (χ4n) is 1.94. The molecule has 5 nitrogen and oxygen atoms in total. The van der Waals surface area contributed by atoms with Crippen LogP contribution in [0.15, 0.2) is 53.0 Å². The van der Waals surface area contributed by atoms with Crippen molar-refractivity contribution in [1.82, 2.24) is 5.32 Å². The molecule has 0 unspecified atom stereocenters. The molecule has 2 aromatic rings. The Hall–Kier alpha value is -2.21. The van der Waals surface area contributed by atoms with Crippen LogP contribution in [-0.2, 0) is 0 Å². The molecule has 1 atom stereocenters. The molecule has 0 bridgehead atoms. The molecule has 0 heterocycles. The van der Waals surface area contributed by atoms with Gasteiger partial charge in [-0.3, -0.25) is 14.9 Å². The summed E-state index contributed by atoms with van der Waals surface area (Å²) in [6.07, 6.45) is 0. The zero-order valence-corrected chi connectivity index (χ0v) is 12.8. The number of rotatable bonds is 4. The first-order valence-corrected chi connectivity index (χ1v) is 7.08. The summed E-state index contributed by atoms with van der Waals surface area (Å²) in [5, 5.41) is 13.7. The highest BCUT2D eigenvalue weighted by atomic mass is 79.9. The first-order chi connectivity index (χ1) is 10.0. The predicted octanol–water partition coefficient (Wildman–Crippen LogP) is 3.85. The highest BCUT2D eigenvalue weighted by Crippen LogP contribution is 2.28. The maximum atomic E-state index is 12.3. The maximum absolute atomic E-state index is 12.3. The second-order valence-electron chi connectivity index (χ2n) is 4.50. The number of nitro groups is 1. The molecule has 2 rings (SSSR count). The fraction of sp³-hybridized carbons (Fsp3) is 0.133. The molecule has 2 aromatic carbocycles. The van der Waals surface area contributed by atoms with Gasteiger partial charge in [-0.2, -0.15) is 0 Å². The van der Waals surface area contributed by atoms with Crippen molar-refractivity contribution in [3.63, 3.8) is 0 Å². The Kier molecular flexibility index (Phi) is 4.70. The Morgan fingerprint density at radius 2 is 1.86 bits per heavy atom. The Bertz CT molecular complexity index is 674. The number of hydrogen-bond donors (Lipinski definition) is 1. The van der Waals surface area contributed by atoms with Crippen LogP contribution in [0.4, 0.5) is 5.69 Å². The Morgan fingerprint density at radius 1 is 1.19 bits per heavy atom. The third-order valence-electron chi connectivity index (χ3n) is 3.07. The van der Waals surface area contributed by atoms with E-state index in [9.17, 15) is 14.9 Å². The van der Waals surface area contributed by atoms with Crippen LogP contribution in [0.3, 0.4) is 0 Å². The van der Waals surface area contributed by atoms with E-state index in [1.54, 1.807) is 6.07 Å².